The first-order chi connectivity index (χ1) is 11.6. The summed E-state index contributed by atoms with van der Waals surface area (Å²) in [6.07, 6.45) is -5.23. The molecule has 140 valence electrons. The average molecular weight is 360 g/mol. The molecule has 0 saturated carbocycles. The van der Waals surface area contributed by atoms with Crippen molar-refractivity contribution in [1.29, 1.82) is 0 Å². The molecular formula is C17H23F3N2O3. The Labute approximate surface area is 144 Å². The van der Waals surface area contributed by atoms with Crippen LogP contribution in [0.1, 0.15) is 32.8 Å². The highest BCUT2D eigenvalue weighted by molar-refractivity contribution is 5.88. The zero-order valence-electron chi connectivity index (χ0n) is 14.4. The second-order valence-corrected chi connectivity index (χ2v) is 5.95. The fourth-order valence-electron chi connectivity index (χ4n) is 2.16. The Morgan fingerprint density at radius 2 is 1.76 bits per heavy atom. The number of esters is 1. The summed E-state index contributed by atoms with van der Waals surface area (Å²) in [6.45, 7) is 4.25. The van der Waals surface area contributed by atoms with E-state index in [-0.39, 0.29) is 25.5 Å². The molecule has 0 aliphatic heterocycles. The smallest absolute Gasteiger partial charge is 0.436 e. The lowest BCUT2D eigenvalue weighted by Crippen LogP contribution is -2.72. The van der Waals surface area contributed by atoms with Crippen LogP contribution in [0.15, 0.2) is 30.3 Å². The first-order valence-corrected chi connectivity index (χ1v) is 7.96. The summed E-state index contributed by atoms with van der Waals surface area (Å²) < 4.78 is 45.9. The van der Waals surface area contributed by atoms with Gasteiger partial charge in [-0.15, -0.1) is 0 Å². The van der Waals surface area contributed by atoms with Crippen LogP contribution in [0, 0.1) is 5.92 Å². The molecule has 1 aromatic rings. The number of ether oxygens (including phenoxy) is 1. The number of alkyl halides is 3. The molecule has 0 saturated heterocycles. The van der Waals surface area contributed by atoms with Crippen LogP contribution in [0.25, 0.3) is 0 Å². The van der Waals surface area contributed by atoms with Gasteiger partial charge in [-0.25, -0.2) is 4.79 Å². The van der Waals surface area contributed by atoms with E-state index >= 15 is 0 Å². The Bertz CT molecular complexity index is 576. The van der Waals surface area contributed by atoms with Gasteiger partial charge in [0, 0.05) is 13.0 Å². The van der Waals surface area contributed by atoms with Gasteiger partial charge in [0.2, 0.25) is 5.91 Å². The van der Waals surface area contributed by atoms with Gasteiger partial charge in [0.05, 0.1) is 6.61 Å². The Balaban J connectivity index is 3.15. The van der Waals surface area contributed by atoms with Gasteiger partial charge in [-0.05, 0) is 18.4 Å². The minimum absolute atomic E-state index is 0.149. The third-order valence-electron chi connectivity index (χ3n) is 3.33. The van der Waals surface area contributed by atoms with Gasteiger partial charge >= 0.3 is 12.1 Å². The Morgan fingerprint density at radius 1 is 1.16 bits per heavy atom. The summed E-state index contributed by atoms with van der Waals surface area (Å²) in [4.78, 5) is 24.1. The maximum absolute atomic E-state index is 13.8. The van der Waals surface area contributed by atoms with Crippen LogP contribution in [0.5, 0.6) is 0 Å². The van der Waals surface area contributed by atoms with Crippen molar-refractivity contribution in [2.45, 2.75) is 45.6 Å². The summed E-state index contributed by atoms with van der Waals surface area (Å²) in [7, 11) is 0. The maximum Gasteiger partial charge on any atom is 0.436 e. The largest absolute Gasteiger partial charge is 0.463 e. The van der Waals surface area contributed by atoms with E-state index in [0.717, 1.165) is 0 Å². The first-order valence-electron chi connectivity index (χ1n) is 7.96. The number of amides is 1. The number of carbonyl (C=O) groups is 2. The van der Waals surface area contributed by atoms with Gasteiger partial charge < -0.3 is 10.1 Å². The van der Waals surface area contributed by atoms with E-state index < -0.39 is 23.7 Å². The van der Waals surface area contributed by atoms with Crippen LogP contribution in [0.4, 0.5) is 13.2 Å². The quantitative estimate of drug-likeness (QED) is 0.553. The van der Waals surface area contributed by atoms with Crippen LogP contribution in [-0.2, 0) is 20.9 Å². The molecule has 0 heterocycles. The lowest BCUT2D eigenvalue weighted by atomic mass is 10.1. The summed E-state index contributed by atoms with van der Waals surface area (Å²) >= 11 is 0. The van der Waals surface area contributed by atoms with Crippen molar-refractivity contribution >= 4 is 11.9 Å². The van der Waals surface area contributed by atoms with Crippen molar-refractivity contribution < 1.29 is 27.5 Å². The van der Waals surface area contributed by atoms with Gasteiger partial charge in [0.1, 0.15) is 0 Å². The minimum atomic E-state index is -5.08. The Kier molecular flexibility index (Phi) is 7.41. The highest BCUT2D eigenvalue weighted by Gasteiger charge is 2.63. The second-order valence-electron chi connectivity index (χ2n) is 5.95. The lowest BCUT2D eigenvalue weighted by molar-refractivity contribution is -0.222. The molecule has 0 bridgehead atoms. The van der Waals surface area contributed by atoms with E-state index in [1.54, 1.807) is 44.2 Å². The Hall–Kier alpha value is -2.09. The van der Waals surface area contributed by atoms with Gasteiger partial charge in [0.15, 0.2) is 0 Å². The minimum Gasteiger partial charge on any atom is -0.463 e. The molecule has 1 amide bonds. The van der Waals surface area contributed by atoms with Crippen LogP contribution in [0.2, 0.25) is 0 Å². The van der Waals surface area contributed by atoms with Crippen LogP contribution in [-0.4, -0.2) is 30.3 Å². The van der Waals surface area contributed by atoms with E-state index in [0.29, 0.717) is 5.56 Å². The van der Waals surface area contributed by atoms with E-state index in [1.807, 2.05) is 5.32 Å². The van der Waals surface area contributed by atoms with Crippen LogP contribution >= 0.6 is 0 Å². The van der Waals surface area contributed by atoms with E-state index in [4.69, 9.17) is 0 Å². The fraction of sp³-hybridized carbons (Fsp3) is 0.529. The number of benzene rings is 1. The molecule has 0 spiro atoms. The molecule has 0 fully saturated rings. The molecule has 0 radical (unpaired) electrons. The van der Waals surface area contributed by atoms with Gasteiger partial charge in [-0.2, -0.15) is 13.2 Å². The molecule has 0 unspecified atom stereocenters. The van der Waals surface area contributed by atoms with Crippen molar-refractivity contribution in [2.24, 2.45) is 5.92 Å². The first kappa shape index (κ1) is 21.0. The monoisotopic (exact) mass is 360 g/mol. The highest BCUT2D eigenvalue weighted by Crippen LogP contribution is 2.30. The fourth-order valence-corrected chi connectivity index (χ4v) is 2.16. The molecule has 1 aromatic carbocycles. The number of nitrogens with one attached hydrogen (secondary N) is 2. The maximum atomic E-state index is 13.8. The number of hydrogen-bond donors (Lipinski definition) is 2. The molecule has 0 aliphatic carbocycles. The molecular weight excluding hydrogens is 337 g/mol. The van der Waals surface area contributed by atoms with E-state index in [2.05, 4.69) is 10.1 Å². The molecule has 25 heavy (non-hydrogen) atoms. The van der Waals surface area contributed by atoms with Gasteiger partial charge in [-0.1, -0.05) is 44.2 Å². The third-order valence-corrected chi connectivity index (χ3v) is 3.33. The Morgan fingerprint density at radius 3 is 2.24 bits per heavy atom. The zero-order chi connectivity index (χ0) is 19.1. The summed E-state index contributed by atoms with van der Waals surface area (Å²) in [5.74, 6) is -2.64. The van der Waals surface area contributed by atoms with Crippen molar-refractivity contribution in [2.75, 3.05) is 6.61 Å². The molecule has 0 aromatic heterocycles. The highest BCUT2D eigenvalue weighted by atomic mass is 19.4. The predicted molar refractivity (Wildman–Crippen MR) is 86.3 cm³/mol. The van der Waals surface area contributed by atoms with Crippen molar-refractivity contribution in [3.63, 3.8) is 0 Å². The SMILES string of the molecule is CCOC(=O)[C@@](NCc1ccccc1)(NC(=O)CC(C)C)C(F)(F)F. The van der Waals surface area contributed by atoms with Crippen LogP contribution < -0.4 is 10.6 Å². The summed E-state index contributed by atoms with van der Waals surface area (Å²) in [5, 5.41) is 3.95. The third kappa shape index (κ3) is 5.74. The average Bonchev–Trinajstić information content (AvgIpc) is 2.50. The molecule has 2 N–H and O–H groups in total. The van der Waals surface area contributed by atoms with Crippen molar-refractivity contribution in [3.05, 3.63) is 35.9 Å². The van der Waals surface area contributed by atoms with Gasteiger partial charge in [0.25, 0.3) is 5.66 Å². The topological polar surface area (TPSA) is 67.4 Å². The number of halogens is 3. The molecule has 1 atom stereocenters. The molecule has 1 rings (SSSR count). The van der Waals surface area contributed by atoms with E-state index in [9.17, 15) is 22.8 Å². The van der Waals surface area contributed by atoms with Crippen molar-refractivity contribution in [3.8, 4) is 0 Å². The molecule has 5 nitrogen and oxygen atoms in total. The molecule has 0 aliphatic rings. The van der Waals surface area contributed by atoms with Crippen LogP contribution in [0.3, 0.4) is 0 Å². The number of rotatable bonds is 8. The van der Waals surface area contributed by atoms with Gasteiger partial charge in [-0.3, -0.25) is 10.1 Å². The molecule has 8 heteroatoms. The normalized spacial score (nSPS) is 14.0. The van der Waals surface area contributed by atoms with E-state index in [1.165, 1.54) is 6.92 Å². The summed E-state index contributed by atoms with van der Waals surface area (Å²) in [6, 6.07) is 8.25. The zero-order valence-corrected chi connectivity index (χ0v) is 14.4. The second kappa shape index (κ2) is 8.84. The summed E-state index contributed by atoms with van der Waals surface area (Å²) in [5.41, 5.74) is -2.77. The standard InChI is InChI=1S/C17H23F3N2O3/c1-4-25-15(24)16(17(18,19)20,22-14(23)10-12(2)3)21-11-13-8-6-5-7-9-13/h5-9,12,21H,4,10-11H2,1-3H3,(H,22,23)/t16-/m1/s1. The number of carbonyl (C=O) groups excluding carboxylic acids is 2. The van der Waals surface area contributed by atoms with Crippen molar-refractivity contribution in [1.82, 2.24) is 10.6 Å². The number of hydrogen-bond acceptors (Lipinski definition) is 4. The lowest BCUT2D eigenvalue weighted by Gasteiger charge is -2.35. The predicted octanol–water partition coefficient (Wildman–Crippen LogP) is 2.76.